The Kier molecular flexibility index (Phi) is 13.8. The van der Waals surface area contributed by atoms with Crippen LogP contribution < -0.4 is 10.5 Å². The molecule has 2 aliphatic carbocycles. The Labute approximate surface area is 418 Å². The largest absolute Gasteiger partial charge is 0.399 e. The summed E-state index contributed by atoms with van der Waals surface area (Å²) in [6, 6.07) is 28.9. The topological polar surface area (TPSA) is 143 Å². The number of anilines is 2. The Bertz CT molecular complexity index is 3730. The lowest BCUT2D eigenvalue weighted by Gasteiger charge is -2.14. The minimum absolute atomic E-state index is 0. The number of halogens is 5. The molecule has 0 aliphatic heterocycles. The van der Waals surface area contributed by atoms with E-state index in [9.17, 15) is 26.0 Å². The highest BCUT2D eigenvalue weighted by Gasteiger charge is 2.36. The van der Waals surface area contributed by atoms with Gasteiger partial charge in [0.2, 0.25) is 10.0 Å². The lowest BCUT2D eigenvalue weighted by Crippen LogP contribution is -2.17. The van der Waals surface area contributed by atoms with E-state index in [1.165, 1.54) is 37.1 Å². The number of rotatable bonds is 10. The first kappa shape index (κ1) is 49.2. The normalized spacial score (nSPS) is 13.3. The number of benzene rings is 6. The fourth-order valence-corrected chi connectivity index (χ4v) is 9.85. The van der Waals surface area contributed by atoms with Gasteiger partial charge in [-0.3, -0.25) is 23.2 Å². The first-order valence-corrected chi connectivity index (χ1v) is 24.7. The molecule has 12 nitrogen and oxygen atoms in total. The Morgan fingerprint density at radius 2 is 1.11 bits per heavy atom. The molecular formula is C54H49ClF4N10O2S. The first-order valence-electron chi connectivity index (χ1n) is 22.6. The van der Waals surface area contributed by atoms with Crippen molar-refractivity contribution in [1.29, 1.82) is 0 Å². The summed E-state index contributed by atoms with van der Waals surface area (Å²) < 4.78 is 90.9. The van der Waals surface area contributed by atoms with Crippen molar-refractivity contribution in [1.82, 2.24) is 38.7 Å². The van der Waals surface area contributed by atoms with Gasteiger partial charge in [0.05, 0.1) is 45.4 Å². The molecule has 0 unspecified atom stereocenters. The summed E-state index contributed by atoms with van der Waals surface area (Å²) in [6.07, 6.45) is 14.8. The van der Waals surface area contributed by atoms with Crippen LogP contribution in [-0.2, 0) is 24.1 Å². The molecule has 12 rings (SSSR count). The highest BCUT2D eigenvalue weighted by atomic mass is 35.5. The van der Waals surface area contributed by atoms with Crippen LogP contribution in [0.4, 0.5) is 28.9 Å². The number of nitrogen functional groups attached to an aromatic ring is 1. The van der Waals surface area contributed by atoms with Gasteiger partial charge in [-0.2, -0.15) is 10.2 Å². The number of hydrogen-bond acceptors (Lipinski definition) is 7. The smallest absolute Gasteiger partial charge is 0.235 e. The summed E-state index contributed by atoms with van der Waals surface area (Å²) in [4.78, 5) is 9.06. The van der Waals surface area contributed by atoms with E-state index in [0.29, 0.717) is 41.0 Å². The van der Waals surface area contributed by atoms with Crippen LogP contribution in [-0.4, -0.2) is 58.2 Å². The van der Waals surface area contributed by atoms with Crippen molar-refractivity contribution in [3.8, 4) is 55.9 Å². The number of sulfonamides is 1. The minimum Gasteiger partial charge on any atom is -0.399 e. The van der Waals surface area contributed by atoms with E-state index in [1.54, 1.807) is 64.7 Å². The van der Waals surface area contributed by atoms with Gasteiger partial charge in [-0.15, -0.1) is 11.6 Å². The summed E-state index contributed by atoms with van der Waals surface area (Å²) in [6.45, 7) is 0. The molecule has 10 aromatic rings. The second kappa shape index (κ2) is 20.2. The van der Waals surface area contributed by atoms with Crippen molar-refractivity contribution in [3.05, 3.63) is 170 Å². The monoisotopic (exact) mass is 1010 g/mol. The molecule has 6 aromatic carbocycles. The number of nitrogens with two attached hydrogens (primary N) is 1. The third-order valence-corrected chi connectivity index (χ3v) is 14.5. The number of aryl methyl sites for hydroxylation is 2. The third kappa shape index (κ3) is 10.8. The lowest BCUT2D eigenvalue weighted by molar-refractivity contribution is 0.585. The molecule has 0 atom stereocenters. The second-order valence-electron chi connectivity index (χ2n) is 17.7. The van der Waals surface area contributed by atoms with E-state index in [-0.39, 0.29) is 18.6 Å². The van der Waals surface area contributed by atoms with Gasteiger partial charge in [0, 0.05) is 83.8 Å². The quantitative estimate of drug-likeness (QED) is 0.0789. The van der Waals surface area contributed by atoms with Crippen LogP contribution in [0.5, 0.6) is 0 Å². The van der Waals surface area contributed by atoms with Crippen molar-refractivity contribution in [2.24, 2.45) is 20.0 Å². The number of hydrogen-bond donors (Lipinski definition) is 2. The van der Waals surface area contributed by atoms with Crippen molar-refractivity contribution in [2.75, 3.05) is 16.3 Å². The summed E-state index contributed by atoms with van der Waals surface area (Å²) >= 11 is 5.40. The maximum atomic E-state index is 14.7. The average molecular weight is 1010 g/mol. The molecule has 0 spiro atoms. The molecule has 2 fully saturated rings. The SMILES string of the molecule is C.ClCC1CC1.Cn1cc(-c2ccc3c(c2)ncn3-c2cc(N)cc(-c3ccc(F)cc3F)c2)cn1.Cn1cc(-c2ccc3c(c2)ncn3-c2cc(NS(=O)(=O)C3CC3)cc(-c3ccc(F)cc3F)c2)cn1. The molecule has 4 aromatic heterocycles. The van der Waals surface area contributed by atoms with Crippen molar-refractivity contribution >= 4 is 55.1 Å². The molecule has 2 saturated carbocycles. The van der Waals surface area contributed by atoms with E-state index in [4.69, 9.17) is 17.3 Å². The summed E-state index contributed by atoms with van der Waals surface area (Å²) in [5, 5.41) is 8.00. The molecule has 72 heavy (non-hydrogen) atoms. The van der Waals surface area contributed by atoms with Crippen molar-refractivity contribution in [3.63, 3.8) is 0 Å². The molecule has 0 amide bonds. The number of nitrogens with zero attached hydrogens (tertiary/aromatic N) is 8. The predicted molar refractivity (Wildman–Crippen MR) is 277 cm³/mol. The molecule has 0 bridgehead atoms. The van der Waals surface area contributed by atoms with Crippen molar-refractivity contribution < 1.29 is 26.0 Å². The van der Waals surface area contributed by atoms with E-state index in [1.807, 2.05) is 78.1 Å². The van der Waals surface area contributed by atoms with Gasteiger partial charge in [-0.1, -0.05) is 19.6 Å². The number of aromatic nitrogens is 8. The standard InChI is InChI=1S/C26H21F2N5O2S.C23H17F2N5.C4H7Cl.CH4/c1-32-14-18(13-30-32)16-2-7-26-25(10-16)29-15-33(26)21-9-17(23-6-3-19(27)11-24(23)28)8-20(12-21)31-36(34,35)22-4-5-22;1-29-12-16(11-28-29)14-2-5-23-22(8-14)27-13-30(23)19-7-15(6-18(26)10-19)20-4-3-17(24)9-21(20)25;5-3-4-1-2-4;/h2-3,6-15,22,31H,4-5H2,1H3;2-13H,26H2,1H3;4H,1-3H2;1H4. The van der Waals surface area contributed by atoms with Gasteiger partial charge in [-0.25, -0.2) is 35.9 Å². The van der Waals surface area contributed by atoms with Gasteiger partial charge in [-0.05, 0) is 139 Å². The molecule has 0 saturated heterocycles. The predicted octanol–water partition coefficient (Wildman–Crippen LogP) is 12.5. The van der Waals surface area contributed by atoms with Crippen LogP contribution in [0.25, 0.3) is 77.9 Å². The number of alkyl halides is 1. The molecule has 4 heterocycles. The molecule has 0 radical (unpaired) electrons. The van der Waals surface area contributed by atoms with E-state index in [2.05, 4.69) is 24.9 Å². The number of imidazole rings is 2. The van der Waals surface area contributed by atoms with Gasteiger partial charge < -0.3 is 5.73 Å². The zero-order valence-corrected chi connectivity index (χ0v) is 39.9. The summed E-state index contributed by atoms with van der Waals surface area (Å²) in [5.41, 5.74) is 16.8. The second-order valence-corrected chi connectivity index (χ2v) is 20.0. The molecule has 18 heteroatoms. The third-order valence-electron chi connectivity index (χ3n) is 12.2. The fraction of sp³-hybridized carbons (Fsp3) is 0.185. The van der Waals surface area contributed by atoms with Crippen LogP contribution >= 0.6 is 11.6 Å². The van der Waals surface area contributed by atoms with Crippen molar-refractivity contribution in [2.45, 2.75) is 38.4 Å². The Morgan fingerprint density at radius 3 is 1.54 bits per heavy atom. The Balaban J connectivity index is 0.000000162. The van der Waals surface area contributed by atoms with E-state index in [0.717, 1.165) is 73.9 Å². The zero-order chi connectivity index (χ0) is 49.6. The Hall–Kier alpha value is -7.76. The zero-order valence-electron chi connectivity index (χ0n) is 38.3. The summed E-state index contributed by atoms with van der Waals surface area (Å²) in [5.74, 6) is -0.892. The first-order chi connectivity index (χ1) is 34.2. The maximum Gasteiger partial charge on any atom is 0.235 e. The fourth-order valence-electron chi connectivity index (χ4n) is 8.18. The van der Waals surface area contributed by atoms with Crippen LogP contribution in [0.1, 0.15) is 33.1 Å². The minimum atomic E-state index is -3.55. The van der Waals surface area contributed by atoms with Gasteiger partial charge >= 0.3 is 0 Å². The maximum absolute atomic E-state index is 14.7. The molecule has 368 valence electrons. The molecular weight excluding hydrogens is 964 g/mol. The van der Waals surface area contributed by atoms with Gasteiger partial charge in [0.15, 0.2) is 0 Å². The van der Waals surface area contributed by atoms with E-state index >= 15 is 0 Å². The Morgan fingerprint density at radius 1 is 0.611 bits per heavy atom. The lowest BCUT2D eigenvalue weighted by atomic mass is 10.0. The van der Waals surface area contributed by atoms with Crippen LogP contribution in [0.15, 0.2) is 147 Å². The molecule has 2 aliphatic rings. The number of fused-ring (bicyclic) bond motifs is 2. The molecule has 3 N–H and O–H groups in total. The van der Waals surface area contributed by atoms with E-state index < -0.39 is 38.5 Å². The van der Waals surface area contributed by atoms with Gasteiger partial charge in [0.25, 0.3) is 0 Å². The average Bonchev–Trinajstić information content (AvgIpc) is 4.19. The highest BCUT2D eigenvalue weighted by molar-refractivity contribution is 7.93. The highest BCUT2D eigenvalue weighted by Crippen LogP contribution is 2.36. The number of nitrogens with one attached hydrogen (secondary N) is 1. The van der Waals surface area contributed by atoms with Crippen LogP contribution in [0.2, 0.25) is 0 Å². The van der Waals surface area contributed by atoms with Gasteiger partial charge in [0.1, 0.15) is 35.9 Å². The van der Waals surface area contributed by atoms with Crippen LogP contribution in [0, 0.1) is 29.2 Å². The summed E-state index contributed by atoms with van der Waals surface area (Å²) in [7, 11) is 0.168. The van der Waals surface area contributed by atoms with Crippen LogP contribution in [0.3, 0.4) is 0 Å².